The number of hydrogen-bond acceptors (Lipinski definition) is 61. The van der Waals surface area contributed by atoms with Crippen LogP contribution in [-0.4, -0.2) is 649 Å². The highest BCUT2D eigenvalue weighted by Gasteiger charge is 2.55. The van der Waals surface area contributed by atoms with E-state index >= 15 is 0 Å². The maximum atomic E-state index is 10.1. The molecule has 0 amide bonds. The predicted octanol–water partition coefficient (Wildman–Crippen LogP) is -23.8. The first kappa shape index (κ1) is 131. The van der Waals surface area contributed by atoms with Crippen molar-refractivity contribution in [2.75, 3.05) is 85.9 Å². The van der Waals surface area contributed by atoms with E-state index in [0.29, 0.717) is 0 Å². The Morgan fingerprint density at radius 3 is 0.832 bits per heavy atom. The Morgan fingerprint density at radius 1 is 0.238 bits per heavy atom. The van der Waals surface area contributed by atoms with E-state index in [1.807, 2.05) is 0 Å². The molecule has 65 heteroatoms. The van der Waals surface area contributed by atoms with Crippen LogP contribution in [0.25, 0.3) is 0 Å². The summed E-state index contributed by atoms with van der Waals surface area (Å²) in [6.07, 6.45) is -53.4. The highest BCUT2D eigenvalue weighted by molar-refractivity contribution is 14.1. The van der Waals surface area contributed by atoms with E-state index in [1.54, 1.807) is 22.6 Å². The van der Waals surface area contributed by atoms with E-state index in [0.717, 1.165) is 0 Å². The van der Waals surface area contributed by atoms with Crippen LogP contribution in [0.15, 0.2) is 49.4 Å². The van der Waals surface area contributed by atoms with Crippen molar-refractivity contribution < 1.29 is 305 Å². The predicted molar refractivity (Wildman–Crippen MR) is 470 cm³/mol. The summed E-state index contributed by atoms with van der Waals surface area (Å²) < 4.78 is 85.5. The van der Waals surface area contributed by atoms with Gasteiger partial charge in [0.15, 0.2) is 56.6 Å². The van der Waals surface area contributed by atoms with Crippen LogP contribution in [0, 0.1) is 0 Å². The van der Waals surface area contributed by atoms with Crippen molar-refractivity contribution in [2.45, 2.75) is 344 Å². The van der Waals surface area contributed by atoms with Crippen LogP contribution >= 0.6 is 66.1 Å². The molecule has 842 valence electrons. The third kappa shape index (κ3) is 36.0. The molecule has 13 aliphatic rings. The summed E-state index contributed by atoms with van der Waals surface area (Å²) in [5.41, 5.74) is 0. The van der Waals surface area contributed by atoms with E-state index in [2.05, 4.69) is 31.9 Å². The quantitative estimate of drug-likeness (QED) is 0.0375. The van der Waals surface area contributed by atoms with Crippen LogP contribution in [0.2, 0.25) is 0 Å². The number of aliphatic hydroxyl groups excluding tert-OH is 44. The molecule has 13 rings (SSSR count). The van der Waals surface area contributed by atoms with Gasteiger partial charge in [-0.15, -0.1) is 11.6 Å². The molecule has 0 bridgehead atoms. The SMILES string of the molecule is OCC1OC(O)C[C@@H](O)[C@H]1O.OCC1OC(O)[C@@H](Br)[C@@H](OC2OC(CO)[C@H](O)[C@H](O)[C@@H]2O)[C@@H]1O.OCC1OC(O)[C@@H](Cl)[C@@H](O)[C@H]1O.OCC1OC(O)[C@@H](I)[C@@H](O)[C@H]1O.OCC1OC(O)[C@H](Br)[C@@H](OC2OC(CO)[C@H](O)[C@H](O)[C@@H]2O)[C@@H]1O.OCC1OC=CC(O)C1O.OCC1OC=CC(O)C1O.OCC1OC=CC(O)C1OC1OC(CO)[C@H](O)[C@H](O)[C@@H]1O.OCC1OC=CC(OC2OC(CO)[C@H](O)[C@H](O)[C@@H]2O)C1O. The first-order chi connectivity index (χ1) is 67.4. The van der Waals surface area contributed by atoms with Crippen LogP contribution in [0.4, 0.5) is 0 Å². The maximum Gasteiger partial charge on any atom is 0.187 e. The van der Waals surface area contributed by atoms with Gasteiger partial charge in [0.2, 0.25) is 0 Å². The number of hydrogen-bond donors (Lipinski definition) is 44. The molecule has 0 spiro atoms. The molecule has 56 atom stereocenters. The molecule has 0 aromatic heterocycles. The normalized spacial score (nSPS) is 47.7. The highest BCUT2D eigenvalue weighted by atomic mass is 127. The van der Waals surface area contributed by atoms with Gasteiger partial charge in [0.25, 0.3) is 0 Å². The standard InChI is InChI=1S/2C12H21BrO10.2C12H20O9.C6H11ClO5.C6H11IO5.C6H12O5.2C6H10O4/c2*13-5-10(7(17)4(2-15)21-11(5)20)23-12-9(19)8(18)6(16)3(1-14)22-12;13-3-6-8(16)9(17)10(18)12(20-6)21-11-5(15)1-2-19-7(11)4-14;13-3-6-8(15)5(1-2-19-6)20-12-11(18)10(17)9(16)7(4-14)21-12;2*7-3-5(10)4(9)2(1-8)12-6(3)11;7-2-4-6(10)3(8)1-5(9)11-4;2*7-3-5-6(9)4(8)1-2-10-5/h2*3-12,14-20H,1-2H2;2*1-2,5-18H,3-4H2;2*2-6,8-11H,1H2;3-10H,1-2H2;2*1-2,4-9H,3H2/t3?,4?,5-,6+,7-,8+,9+,10-,11?,12?;3?,4?,5-,6-,7+,8-,9-,10+,11?,12?;5?,6?,7?,8-,9-,10-,11?,12?;5?,6?,7?,8?,9-,10-,11-,12?;2*2?,3-,4-,5+,6?;3-,4?,5?,6-;;/m1000001../s1. The van der Waals surface area contributed by atoms with Gasteiger partial charge in [0, 0.05) is 6.42 Å². The lowest BCUT2D eigenvalue weighted by Gasteiger charge is -2.45. The molecular weight excluding hydrogens is 2230 g/mol. The van der Waals surface area contributed by atoms with Crippen molar-refractivity contribution in [3.8, 4) is 0 Å². The van der Waals surface area contributed by atoms with Crippen LogP contribution in [0.1, 0.15) is 6.42 Å². The lowest BCUT2D eigenvalue weighted by molar-refractivity contribution is -0.334. The molecule has 13 aliphatic heterocycles. The van der Waals surface area contributed by atoms with Gasteiger partial charge in [0.1, 0.15) is 256 Å². The van der Waals surface area contributed by atoms with Gasteiger partial charge in [-0.25, -0.2) is 0 Å². The molecule has 61 nitrogen and oxygen atoms in total. The molecule has 44 N–H and O–H groups in total. The summed E-state index contributed by atoms with van der Waals surface area (Å²) in [4.78, 5) is -1.82. The average molecular weight is 2370 g/mol. The monoisotopic (exact) mass is 2370 g/mol. The Labute approximate surface area is 846 Å². The van der Waals surface area contributed by atoms with Crippen LogP contribution in [-0.2, 0) is 80.5 Å². The van der Waals surface area contributed by atoms with Gasteiger partial charge < -0.3 is 305 Å². The lowest BCUT2D eigenvalue weighted by Crippen LogP contribution is -2.63. The molecule has 0 aliphatic carbocycles. The van der Waals surface area contributed by atoms with E-state index in [9.17, 15) is 117 Å². The van der Waals surface area contributed by atoms with Gasteiger partial charge in [0.05, 0.1) is 137 Å². The first-order valence-corrected chi connectivity index (χ1v) is 47.3. The van der Waals surface area contributed by atoms with E-state index in [4.69, 9.17) is 199 Å². The second-order valence-electron chi connectivity index (χ2n) is 33.2. The van der Waals surface area contributed by atoms with Crippen LogP contribution in [0.3, 0.4) is 0 Å². The van der Waals surface area contributed by atoms with Gasteiger partial charge >= 0.3 is 0 Å². The fourth-order valence-electron chi connectivity index (χ4n) is 14.4. The summed E-state index contributed by atoms with van der Waals surface area (Å²) >= 11 is 13.4. The smallest absolute Gasteiger partial charge is 0.187 e. The molecule has 13 heterocycles. The van der Waals surface area contributed by atoms with Gasteiger partial charge in [-0.05, 0) is 24.3 Å². The van der Waals surface area contributed by atoms with E-state index in [1.165, 1.54) is 49.4 Å². The van der Waals surface area contributed by atoms with Crippen molar-refractivity contribution in [3.05, 3.63) is 49.4 Å². The van der Waals surface area contributed by atoms with Crippen LogP contribution in [0.5, 0.6) is 0 Å². The molecule has 9 saturated heterocycles. The van der Waals surface area contributed by atoms with Gasteiger partial charge in [-0.3, -0.25) is 0 Å². The number of aliphatic hydroxyl groups is 44. The Kier molecular flexibility index (Phi) is 59.0. The average Bonchev–Trinajstić information content (AvgIpc) is 1.23. The molecule has 0 saturated carbocycles. The minimum absolute atomic E-state index is 0.0162. The Bertz CT molecular complexity index is 3410. The van der Waals surface area contributed by atoms with E-state index < -0.39 is 411 Å². The zero-order valence-electron chi connectivity index (χ0n) is 75.0. The van der Waals surface area contributed by atoms with E-state index in [-0.39, 0.29) is 19.6 Å². The minimum atomic E-state index is -1.65. The molecule has 0 aromatic carbocycles. The summed E-state index contributed by atoms with van der Waals surface area (Å²) in [6.45, 7) is -6.31. The van der Waals surface area contributed by atoms with Crippen molar-refractivity contribution in [2.24, 2.45) is 0 Å². The van der Waals surface area contributed by atoms with Crippen LogP contribution < -0.4 is 0 Å². The molecule has 30 unspecified atom stereocenters. The molecule has 143 heavy (non-hydrogen) atoms. The third-order valence-corrected chi connectivity index (χ3v) is 27.0. The Hall–Kier alpha value is -2.14. The van der Waals surface area contributed by atoms with Crippen molar-refractivity contribution >= 4 is 66.1 Å². The summed E-state index contributed by atoms with van der Waals surface area (Å²) in [6, 6.07) is 0. The maximum absolute atomic E-state index is 10.1. The minimum Gasteiger partial charge on any atom is -0.493 e. The summed E-state index contributed by atoms with van der Waals surface area (Å²) in [5.74, 6) is 0. The Balaban J connectivity index is 0.000000289. The topological polar surface area (TPSA) is 1050 Å². The second kappa shape index (κ2) is 64.3. The van der Waals surface area contributed by atoms with Gasteiger partial charge in [-0.2, -0.15) is 0 Å². The lowest BCUT2D eigenvalue weighted by atomic mass is 9.98. The van der Waals surface area contributed by atoms with Crippen molar-refractivity contribution in [3.63, 3.8) is 0 Å². The molecular formula is C78H136Br2ClIO61. The van der Waals surface area contributed by atoms with Crippen molar-refractivity contribution in [1.82, 2.24) is 0 Å². The second-order valence-corrected chi connectivity index (χ2v) is 37.3. The number of rotatable bonds is 21. The Morgan fingerprint density at radius 2 is 0.497 bits per heavy atom. The largest absolute Gasteiger partial charge is 0.493 e. The number of ether oxygens (including phenoxy) is 17. The molecule has 0 aromatic rings. The zero-order chi connectivity index (χ0) is 108. The summed E-state index contributed by atoms with van der Waals surface area (Å²) in [7, 11) is 0. The first-order valence-electron chi connectivity index (χ1n) is 43.8. The number of alkyl halides is 4. The fraction of sp³-hybridized carbons (Fsp3) is 0.897. The highest BCUT2D eigenvalue weighted by Crippen LogP contribution is 2.37. The third-order valence-electron chi connectivity index (χ3n) is 23.2. The fourth-order valence-corrected chi connectivity index (χ4v) is 16.3. The molecule has 0 radical (unpaired) electrons. The van der Waals surface area contributed by atoms with Gasteiger partial charge in [-0.1, -0.05) is 54.5 Å². The molecule has 9 fully saturated rings. The summed E-state index contributed by atoms with van der Waals surface area (Å²) in [5, 5.41) is 410. The number of halogens is 4. The zero-order valence-corrected chi connectivity index (χ0v) is 81.1. The van der Waals surface area contributed by atoms with Crippen molar-refractivity contribution in [1.29, 1.82) is 0 Å².